The van der Waals surface area contributed by atoms with Gasteiger partial charge in [0.2, 0.25) is 0 Å². The van der Waals surface area contributed by atoms with Crippen molar-refractivity contribution in [1.29, 1.82) is 0 Å². The SMILES string of the molecule is CCC(N)C1(c2ccccn2)CCC(Oc2cc3cc[nH]c(=O)c3cc2Cl)CC1. The van der Waals surface area contributed by atoms with Crippen molar-refractivity contribution < 1.29 is 4.74 Å². The van der Waals surface area contributed by atoms with Crippen LogP contribution in [0.2, 0.25) is 5.02 Å². The van der Waals surface area contributed by atoms with Crippen LogP contribution in [0.4, 0.5) is 0 Å². The van der Waals surface area contributed by atoms with Gasteiger partial charge in [0.15, 0.2) is 0 Å². The molecule has 0 amide bonds. The first-order chi connectivity index (χ1) is 14.0. The van der Waals surface area contributed by atoms with E-state index in [0.29, 0.717) is 16.2 Å². The van der Waals surface area contributed by atoms with Gasteiger partial charge in [0, 0.05) is 34.9 Å². The number of ether oxygens (including phenoxy) is 1. The van der Waals surface area contributed by atoms with Crippen molar-refractivity contribution in [2.75, 3.05) is 0 Å². The summed E-state index contributed by atoms with van der Waals surface area (Å²) in [5, 5.41) is 1.84. The van der Waals surface area contributed by atoms with E-state index in [2.05, 4.69) is 23.0 Å². The second-order valence-corrected chi connectivity index (χ2v) is 8.29. The minimum atomic E-state index is -0.151. The molecule has 2 aromatic heterocycles. The Morgan fingerprint density at radius 3 is 2.79 bits per heavy atom. The summed E-state index contributed by atoms with van der Waals surface area (Å²) in [5.74, 6) is 0.625. The summed E-state index contributed by atoms with van der Waals surface area (Å²) in [5.41, 5.74) is 7.39. The molecule has 1 aliphatic rings. The molecule has 2 heterocycles. The highest BCUT2D eigenvalue weighted by atomic mass is 35.5. The number of rotatable bonds is 5. The predicted molar refractivity (Wildman–Crippen MR) is 117 cm³/mol. The summed E-state index contributed by atoms with van der Waals surface area (Å²) in [6, 6.07) is 11.5. The van der Waals surface area contributed by atoms with Crippen molar-refractivity contribution >= 4 is 22.4 Å². The number of aromatic amines is 1. The van der Waals surface area contributed by atoms with Crippen LogP contribution in [-0.2, 0) is 5.41 Å². The maximum atomic E-state index is 12.0. The van der Waals surface area contributed by atoms with Gasteiger partial charge in [-0.05, 0) is 67.8 Å². The van der Waals surface area contributed by atoms with Gasteiger partial charge in [0.05, 0.1) is 11.1 Å². The third-order valence-corrected chi connectivity index (χ3v) is 6.56. The molecular weight excluding hydrogens is 386 g/mol. The number of benzene rings is 1. The maximum absolute atomic E-state index is 12.0. The van der Waals surface area contributed by atoms with Crippen LogP contribution < -0.4 is 16.0 Å². The first kappa shape index (κ1) is 19.9. The van der Waals surface area contributed by atoms with Crippen molar-refractivity contribution in [2.24, 2.45) is 5.73 Å². The number of hydrogen-bond acceptors (Lipinski definition) is 4. The van der Waals surface area contributed by atoms with E-state index in [-0.39, 0.29) is 23.1 Å². The van der Waals surface area contributed by atoms with Crippen LogP contribution in [0, 0.1) is 0 Å². The molecule has 1 unspecified atom stereocenters. The number of nitrogens with one attached hydrogen (secondary N) is 1. The monoisotopic (exact) mass is 411 g/mol. The molecule has 5 nitrogen and oxygen atoms in total. The summed E-state index contributed by atoms with van der Waals surface area (Å²) in [6.45, 7) is 2.13. The van der Waals surface area contributed by atoms with Gasteiger partial charge in [-0.2, -0.15) is 0 Å². The fourth-order valence-corrected chi connectivity index (χ4v) is 4.76. The van der Waals surface area contributed by atoms with E-state index in [9.17, 15) is 4.79 Å². The van der Waals surface area contributed by atoms with Crippen molar-refractivity contribution in [3.8, 4) is 5.75 Å². The van der Waals surface area contributed by atoms with Gasteiger partial charge in [0.25, 0.3) is 5.56 Å². The first-order valence-electron chi connectivity index (χ1n) is 10.2. The quantitative estimate of drug-likeness (QED) is 0.644. The molecule has 29 heavy (non-hydrogen) atoms. The lowest BCUT2D eigenvalue weighted by molar-refractivity contribution is 0.102. The molecule has 152 valence electrons. The van der Waals surface area contributed by atoms with Gasteiger partial charge in [-0.15, -0.1) is 0 Å². The maximum Gasteiger partial charge on any atom is 0.255 e. The number of hydrogen-bond donors (Lipinski definition) is 2. The second kappa shape index (κ2) is 8.17. The van der Waals surface area contributed by atoms with Crippen LogP contribution in [0.25, 0.3) is 10.8 Å². The van der Waals surface area contributed by atoms with Crippen LogP contribution in [0.15, 0.2) is 53.6 Å². The zero-order valence-corrected chi connectivity index (χ0v) is 17.3. The average Bonchev–Trinajstić information content (AvgIpc) is 2.76. The summed E-state index contributed by atoms with van der Waals surface area (Å²) in [6.07, 6.45) is 8.07. The molecule has 1 saturated carbocycles. The first-order valence-corrected chi connectivity index (χ1v) is 10.6. The van der Waals surface area contributed by atoms with Crippen LogP contribution in [-0.4, -0.2) is 22.1 Å². The minimum absolute atomic E-state index is 0.0628. The molecular formula is C23H26ClN3O2. The summed E-state index contributed by atoms with van der Waals surface area (Å²) >= 11 is 6.41. The van der Waals surface area contributed by atoms with E-state index in [1.165, 1.54) is 0 Å². The Kier molecular flexibility index (Phi) is 5.61. The Bertz CT molecular complexity index is 1040. The molecule has 1 aromatic carbocycles. The van der Waals surface area contributed by atoms with E-state index in [1.807, 2.05) is 30.5 Å². The highest BCUT2D eigenvalue weighted by molar-refractivity contribution is 6.32. The number of nitrogens with zero attached hydrogens (tertiary/aromatic N) is 1. The zero-order chi connectivity index (χ0) is 20.4. The summed E-state index contributed by atoms with van der Waals surface area (Å²) in [4.78, 5) is 19.3. The van der Waals surface area contributed by atoms with Crippen LogP contribution in [0.3, 0.4) is 0 Å². The highest BCUT2D eigenvalue weighted by Crippen LogP contribution is 2.43. The molecule has 0 spiro atoms. The number of aromatic nitrogens is 2. The van der Waals surface area contributed by atoms with Gasteiger partial charge in [-0.25, -0.2) is 0 Å². The summed E-state index contributed by atoms with van der Waals surface area (Å²) < 4.78 is 6.27. The molecule has 1 aliphatic carbocycles. The van der Waals surface area contributed by atoms with Gasteiger partial charge in [-0.3, -0.25) is 9.78 Å². The fraction of sp³-hybridized carbons (Fsp3) is 0.391. The standard InChI is InChI=1S/C23H26ClN3O2/c1-2-20(25)23(21-5-3-4-11-26-21)9-6-16(7-10-23)29-19-13-15-8-12-27-22(28)17(15)14-18(19)24/h3-5,8,11-14,16,20H,2,6-7,9-10,25H2,1H3,(H,27,28). The van der Waals surface area contributed by atoms with E-state index in [0.717, 1.165) is 43.2 Å². The van der Waals surface area contributed by atoms with Crippen LogP contribution in [0.5, 0.6) is 5.75 Å². The fourth-order valence-electron chi connectivity index (χ4n) is 4.55. The van der Waals surface area contributed by atoms with Crippen LogP contribution >= 0.6 is 11.6 Å². The Hall–Kier alpha value is -2.37. The number of pyridine rings is 2. The Morgan fingerprint density at radius 1 is 1.31 bits per heavy atom. The van der Waals surface area contributed by atoms with E-state index < -0.39 is 0 Å². The number of fused-ring (bicyclic) bond motifs is 1. The molecule has 4 rings (SSSR count). The minimum Gasteiger partial charge on any atom is -0.489 e. The Balaban J connectivity index is 1.54. The topological polar surface area (TPSA) is 81.0 Å². The van der Waals surface area contributed by atoms with Crippen molar-refractivity contribution in [2.45, 2.75) is 56.6 Å². The highest BCUT2D eigenvalue weighted by Gasteiger charge is 2.42. The van der Waals surface area contributed by atoms with E-state index in [4.69, 9.17) is 22.1 Å². The molecule has 0 radical (unpaired) electrons. The van der Waals surface area contributed by atoms with E-state index >= 15 is 0 Å². The second-order valence-electron chi connectivity index (χ2n) is 7.88. The van der Waals surface area contributed by atoms with Gasteiger partial charge in [-0.1, -0.05) is 24.6 Å². The Morgan fingerprint density at radius 2 is 2.10 bits per heavy atom. The molecule has 0 saturated heterocycles. The third kappa shape index (κ3) is 3.77. The van der Waals surface area contributed by atoms with Crippen molar-refractivity contribution in [3.63, 3.8) is 0 Å². The normalized spacial score (nSPS) is 23.1. The molecule has 6 heteroatoms. The number of H-pyrrole nitrogens is 1. The van der Waals surface area contributed by atoms with Gasteiger partial charge >= 0.3 is 0 Å². The average molecular weight is 412 g/mol. The summed E-state index contributed by atoms with van der Waals surface area (Å²) in [7, 11) is 0. The molecule has 0 aliphatic heterocycles. The lowest BCUT2D eigenvalue weighted by atomic mass is 9.65. The predicted octanol–water partition coefficient (Wildman–Crippen LogP) is 4.57. The molecule has 0 bridgehead atoms. The molecule has 3 N–H and O–H groups in total. The van der Waals surface area contributed by atoms with Crippen molar-refractivity contribution in [3.05, 3.63) is 69.9 Å². The van der Waals surface area contributed by atoms with Gasteiger partial charge < -0.3 is 15.5 Å². The van der Waals surface area contributed by atoms with E-state index in [1.54, 1.807) is 12.3 Å². The lowest BCUT2D eigenvalue weighted by Crippen LogP contribution is -2.49. The Labute approximate surface area is 175 Å². The smallest absolute Gasteiger partial charge is 0.255 e. The number of halogens is 1. The lowest BCUT2D eigenvalue weighted by Gasteiger charge is -2.43. The molecule has 1 atom stereocenters. The molecule has 1 fully saturated rings. The van der Waals surface area contributed by atoms with Crippen molar-refractivity contribution in [1.82, 2.24) is 9.97 Å². The number of nitrogens with two attached hydrogens (primary N) is 1. The largest absolute Gasteiger partial charge is 0.489 e. The van der Waals surface area contributed by atoms with Crippen LogP contribution in [0.1, 0.15) is 44.7 Å². The van der Waals surface area contributed by atoms with Gasteiger partial charge in [0.1, 0.15) is 5.75 Å². The third-order valence-electron chi connectivity index (χ3n) is 6.27. The zero-order valence-electron chi connectivity index (χ0n) is 16.5. The molecule has 3 aromatic rings.